The number of nitrogens with one attached hydrogen (secondary N) is 1. The Morgan fingerprint density at radius 2 is 1.81 bits per heavy atom. The van der Waals surface area contributed by atoms with E-state index in [0.717, 1.165) is 48.1 Å². The lowest BCUT2D eigenvalue weighted by molar-refractivity contribution is -0.143. The van der Waals surface area contributed by atoms with E-state index in [0.29, 0.717) is 23.0 Å². The Morgan fingerprint density at radius 1 is 1.08 bits per heavy atom. The van der Waals surface area contributed by atoms with Crippen molar-refractivity contribution in [3.8, 4) is 5.75 Å². The first-order valence-corrected chi connectivity index (χ1v) is 12.3. The number of ether oxygens (including phenoxy) is 1. The number of aromatic nitrogens is 2. The van der Waals surface area contributed by atoms with Crippen LogP contribution in [0.3, 0.4) is 0 Å². The zero-order chi connectivity index (χ0) is 25.4. The number of methoxy groups -OCH3 is 1. The number of carboxylic acid groups (broad SMARTS) is 1. The van der Waals surface area contributed by atoms with Gasteiger partial charge in [-0.1, -0.05) is 31.0 Å². The molecule has 1 aliphatic carbocycles. The number of hydrogen-bond acceptors (Lipinski definition) is 5. The molecule has 2 aliphatic rings. The van der Waals surface area contributed by atoms with Crippen molar-refractivity contribution in [2.45, 2.75) is 62.9 Å². The summed E-state index contributed by atoms with van der Waals surface area (Å²) in [5, 5.41) is 16.7. The fraction of sp³-hybridized carbons (Fsp3) is 0.407. The monoisotopic (exact) mass is 490 g/mol. The number of amides is 2. The van der Waals surface area contributed by atoms with Gasteiger partial charge in [-0.25, -0.2) is 4.79 Å². The molecule has 1 saturated carbocycles. The number of carbonyl (C=O) groups excluding carboxylic acids is 2. The van der Waals surface area contributed by atoms with Crippen LogP contribution in [-0.4, -0.2) is 56.9 Å². The molecule has 5 rings (SSSR count). The van der Waals surface area contributed by atoms with E-state index in [1.54, 1.807) is 30.2 Å². The summed E-state index contributed by atoms with van der Waals surface area (Å²) in [5.41, 5.74) is 1.18. The average Bonchev–Trinajstić information content (AvgIpc) is 3.63. The van der Waals surface area contributed by atoms with Gasteiger partial charge in [-0.05, 0) is 62.4 Å². The SMILES string of the molecule is COc1ccc(C2(C(=O)N3[C@H](C)CC[C@@H]3C(=O)Nc3cccc4c3cnn4C(=O)O)CCCC2)cc1. The number of likely N-dealkylation sites (tertiary alicyclic amines) is 1. The van der Waals surface area contributed by atoms with Crippen LogP contribution in [0.5, 0.6) is 5.75 Å². The van der Waals surface area contributed by atoms with Crippen LogP contribution in [0, 0.1) is 0 Å². The third-order valence-electron chi connectivity index (χ3n) is 7.77. The van der Waals surface area contributed by atoms with Crippen LogP contribution in [0.15, 0.2) is 48.7 Å². The highest BCUT2D eigenvalue weighted by molar-refractivity contribution is 6.05. The number of fused-ring (bicyclic) bond motifs is 1. The molecule has 1 aromatic heterocycles. The molecule has 36 heavy (non-hydrogen) atoms. The molecule has 2 amide bonds. The van der Waals surface area contributed by atoms with Gasteiger partial charge >= 0.3 is 6.09 Å². The van der Waals surface area contributed by atoms with Crippen molar-refractivity contribution in [1.29, 1.82) is 0 Å². The van der Waals surface area contributed by atoms with Crippen molar-refractivity contribution < 1.29 is 24.2 Å². The third-order valence-corrected chi connectivity index (χ3v) is 7.77. The van der Waals surface area contributed by atoms with Crippen molar-refractivity contribution >= 4 is 34.5 Å². The quantitative estimate of drug-likeness (QED) is 0.548. The molecule has 188 valence electrons. The van der Waals surface area contributed by atoms with Crippen LogP contribution in [0.1, 0.15) is 51.0 Å². The molecule has 2 atom stereocenters. The van der Waals surface area contributed by atoms with Gasteiger partial charge in [0.1, 0.15) is 11.8 Å². The standard InChI is InChI=1S/C27H30N4O5/c1-17-8-13-23(24(32)29-21-6-5-7-22-20(21)16-28-31(22)26(34)35)30(17)25(33)27(14-3-4-15-27)18-9-11-19(36-2)12-10-18/h5-7,9-12,16-17,23H,3-4,8,13-15H2,1-2H3,(H,29,32)(H,34,35)/t17-,23-/m1/s1. The number of anilines is 1. The van der Waals surface area contributed by atoms with Crippen LogP contribution >= 0.6 is 0 Å². The summed E-state index contributed by atoms with van der Waals surface area (Å²) in [6, 6.07) is 12.1. The van der Waals surface area contributed by atoms with E-state index in [1.807, 2.05) is 31.2 Å². The van der Waals surface area contributed by atoms with Crippen LogP contribution in [-0.2, 0) is 15.0 Å². The van der Waals surface area contributed by atoms with Crippen molar-refractivity contribution in [3.05, 3.63) is 54.2 Å². The number of benzene rings is 2. The molecular weight excluding hydrogens is 460 g/mol. The highest BCUT2D eigenvalue weighted by atomic mass is 16.5. The van der Waals surface area contributed by atoms with E-state index >= 15 is 0 Å². The Kier molecular flexibility index (Phi) is 6.15. The summed E-state index contributed by atoms with van der Waals surface area (Å²) in [6.45, 7) is 2.00. The molecule has 2 fully saturated rings. The van der Waals surface area contributed by atoms with Crippen molar-refractivity contribution in [1.82, 2.24) is 14.7 Å². The van der Waals surface area contributed by atoms with Crippen LogP contribution < -0.4 is 10.1 Å². The number of hydrogen-bond donors (Lipinski definition) is 2. The maximum Gasteiger partial charge on any atom is 0.432 e. The topological polar surface area (TPSA) is 114 Å². The van der Waals surface area contributed by atoms with E-state index in [-0.39, 0.29) is 17.9 Å². The van der Waals surface area contributed by atoms with Gasteiger partial charge < -0.3 is 20.1 Å². The molecule has 0 bridgehead atoms. The number of nitrogens with zero attached hydrogens (tertiary/aromatic N) is 3. The maximum atomic E-state index is 14.2. The first-order chi connectivity index (χ1) is 17.4. The Bertz CT molecular complexity index is 1310. The molecule has 3 aromatic rings. The van der Waals surface area contributed by atoms with E-state index in [2.05, 4.69) is 10.4 Å². The molecule has 1 saturated heterocycles. The molecule has 9 nitrogen and oxygen atoms in total. The van der Waals surface area contributed by atoms with Gasteiger partial charge in [-0.15, -0.1) is 0 Å². The van der Waals surface area contributed by atoms with Crippen molar-refractivity contribution in [2.24, 2.45) is 0 Å². The van der Waals surface area contributed by atoms with Crippen molar-refractivity contribution in [3.63, 3.8) is 0 Å². The minimum absolute atomic E-state index is 0.00669. The molecule has 9 heteroatoms. The fourth-order valence-corrected chi connectivity index (χ4v) is 5.87. The van der Waals surface area contributed by atoms with Crippen LogP contribution in [0.25, 0.3) is 10.9 Å². The molecule has 2 heterocycles. The second-order valence-electron chi connectivity index (χ2n) is 9.74. The number of rotatable bonds is 5. The van der Waals surface area contributed by atoms with Crippen LogP contribution in [0.2, 0.25) is 0 Å². The third kappa shape index (κ3) is 3.88. The zero-order valence-corrected chi connectivity index (χ0v) is 20.4. The Morgan fingerprint density at radius 3 is 2.47 bits per heavy atom. The van der Waals surface area contributed by atoms with Crippen LogP contribution in [0.4, 0.5) is 10.5 Å². The Labute approximate surface area is 209 Å². The minimum atomic E-state index is -1.20. The highest BCUT2D eigenvalue weighted by Gasteiger charge is 2.50. The second-order valence-corrected chi connectivity index (χ2v) is 9.74. The van der Waals surface area contributed by atoms with Gasteiger partial charge in [0.25, 0.3) is 0 Å². The van der Waals surface area contributed by atoms with Gasteiger partial charge in [-0.2, -0.15) is 9.78 Å². The molecule has 1 aliphatic heterocycles. The van der Waals surface area contributed by atoms with E-state index in [9.17, 15) is 19.5 Å². The lowest BCUT2D eigenvalue weighted by Gasteiger charge is -2.37. The molecule has 2 aromatic carbocycles. The molecule has 0 radical (unpaired) electrons. The lowest BCUT2D eigenvalue weighted by Crippen LogP contribution is -2.53. The minimum Gasteiger partial charge on any atom is -0.497 e. The second kappa shape index (κ2) is 9.29. The Balaban J connectivity index is 1.43. The van der Waals surface area contributed by atoms with Gasteiger partial charge in [0.15, 0.2) is 0 Å². The van der Waals surface area contributed by atoms with E-state index in [4.69, 9.17) is 4.74 Å². The summed E-state index contributed by atoms with van der Waals surface area (Å²) in [7, 11) is 1.62. The summed E-state index contributed by atoms with van der Waals surface area (Å²) in [5.74, 6) is 0.477. The summed E-state index contributed by atoms with van der Waals surface area (Å²) in [6.07, 6.45) is 4.98. The lowest BCUT2D eigenvalue weighted by atomic mass is 9.77. The summed E-state index contributed by atoms with van der Waals surface area (Å²) >= 11 is 0. The maximum absolute atomic E-state index is 14.2. The van der Waals surface area contributed by atoms with Crippen molar-refractivity contribution in [2.75, 3.05) is 12.4 Å². The summed E-state index contributed by atoms with van der Waals surface area (Å²) in [4.78, 5) is 41.0. The first kappa shape index (κ1) is 23.8. The predicted molar refractivity (Wildman–Crippen MR) is 134 cm³/mol. The summed E-state index contributed by atoms with van der Waals surface area (Å²) < 4.78 is 6.18. The molecular formula is C27H30N4O5. The molecule has 0 unspecified atom stereocenters. The fourth-order valence-electron chi connectivity index (χ4n) is 5.87. The highest BCUT2D eigenvalue weighted by Crippen LogP contribution is 2.45. The normalized spacial score (nSPS) is 21.0. The van der Waals surface area contributed by atoms with E-state index < -0.39 is 17.6 Å². The van der Waals surface area contributed by atoms with Gasteiger partial charge in [-0.3, -0.25) is 9.59 Å². The first-order valence-electron chi connectivity index (χ1n) is 12.3. The smallest absolute Gasteiger partial charge is 0.432 e. The molecule has 2 N–H and O–H groups in total. The Hall–Kier alpha value is -3.88. The average molecular weight is 491 g/mol. The van der Waals surface area contributed by atoms with Gasteiger partial charge in [0.2, 0.25) is 11.8 Å². The van der Waals surface area contributed by atoms with Gasteiger partial charge in [0.05, 0.1) is 29.9 Å². The van der Waals surface area contributed by atoms with Gasteiger partial charge in [0, 0.05) is 11.4 Å². The molecule has 0 spiro atoms. The predicted octanol–water partition coefficient (Wildman–Crippen LogP) is 4.40. The van der Waals surface area contributed by atoms with E-state index in [1.165, 1.54) is 6.20 Å². The zero-order valence-electron chi connectivity index (χ0n) is 20.4. The largest absolute Gasteiger partial charge is 0.497 e. The number of carbonyl (C=O) groups is 3.